The van der Waals surface area contributed by atoms with E-state index in [2.05, 4.69) is 40.6 Å². The van der Waals surface area contributed by atoms with E-state index in [-0.39, 0.29) is 0 Å². The van der Waals surface area contributed by atoms with Crippen molar-refractivity contribution in [1.29, 1.82) is 0 Å². The Morgan fingerprint density at radius 3 is 2.76 bits per heavy atom. The number of aliphatic imine (C=N–C) groups is 1. The van der Waals surface area contributed by atoms with Crippen LogP contribution >= 0.6 is 11.8 Å². The van der Waals surface area contributed by atoms with Gasteiger partial charge in [0.25, 0.3) is 0 Å². The van der Waals surface area contributed by atoms with E-state index in [1.54, 1.807) is 0 Å². The van der Waals surface area contributed by atoms with Crippen molar-refractivity contribution < 1.29 is 4.74 Å². The maximum Gasteiger partial charge on any atom is 0.157 e. The molecule has 0 radical (unpaired) electrons. The number of amidine groups is 1. The number of hydrogen-bond donors (Lipinski definition) is 1. The molecular formula is C17H24N2OS. The first-order chi connectivity index (χ1) is 10.4. The molecule has 1 aliphatic heterocycles. The average molecular weight is 304 g/mol. The Kier molecular flexibility index (Phi) is 5.58. The molecule has 4 heteroatoms. The highest BCUT2D eigenvalue weighted by atomic mass is 32.2. The van der Waals surface area contributed by atoms with E-state index in [0.29, 0.717) is 11.4 Å². The van der Waals surface area contributed by atoms with Gasteiger partial charge in [-0.05, 0) is 18.4 Å². The SMILES string of the molecule is c1ccc(C2CN=C(NCCOC3CCCCC3)S2)cc1. The second-order valence-electron chi connectivity index (χ2n) is 5.72. The summed E-state index contributed by atoms with van der Waals surface area (Å²) in [6, 6.07) is 10.6. The minimum atomic E-state index is 0.466. The first-order valence-corrected chi connectivity index (χ1v) is 8.91. The third-order valence-electron chi connectivity index (χ3n) is 4.11. The topological polar surface area (TPSA) is 33.6 Å². The minimum absolute atomic E-state index is 0.466. The van der Waals surface area contributed by atoms with Gasteiger partial charge in [0.1, 0.15) is 0 Å². The quantitative estimate of drug-likeness (QED) is 0.841. The summed E-state index contributed by atoms with van der Waals surface area (Å²) in [6.07, 6.45) is 7.03. The van der Waals surface area contributed by atoms with E-state index in [4.69, 9.17) is 4.74 Å². The van der Waals surface area contributed by atoms with E-state index in [1.165, 1.54) is 37.7 Å². The van der Waals surface area contributed by atoms with Crippen molar-refractivity contribution in [3.63, 3.8) is 0 Å². The van der Waals surface area contributed by atoms with Crippen LogP contribution in [0, 0.1) is 0 Å². The Morgan fingerprint density at radius 2 is 1.95 bits per heavy atom. The highest BCUT2D eigenvalue weighted by molar-refractivity contribution is 8.14. The molecule has 1 aliphatic carbocycles. The molecule has 1 unspecified atom stereocenters. The van der Waals surface area contributed by atoms with Crippen molar-refractivity contribution in [3.05, 3.63) is 35.9 Å². The number of ether oxygens (including phenoxy) is 1. The van der Waals surface area contributed by atoms with Gasteiger partial charge in [-0.25, -0.2) is 0 Å². The van der Waals surface area contributed by atoms with Gasteiger partial charge < -0.3 is 10.1 Å². The van der Waals surface area contributed by atoms with Crippen LogP contribution < -0.4 is 5.32 Å². The van der Waals surface area contributed by atoms with Gasteiger partial charge in [-0.15, -0.1) is 0 Å². The lowest BCUT2D eigenvalue weighted by atomic mass is 9.98. The summed E-state index contributed by atoms with van der Waals surface area (Å²) in [5.74, 6) is 0. The predicted molar refractivity (Wildman–Crippen MR) is 89.9 cm³/mol. The zero-order valence-corrected chi connectivity index (χ0v) is 13.3. The van der Waals surface area contributed by atoms with Gasteiger partial charge in [-0.1, -0.05) is 61.4 Å². The van der Waals surface area contributed by atoms with Crippen molar-refractivity contribution >= 4 is 16.9 Å². The number of rotatable bonds is 5. The normalized spacial score (nSPS) is 23.0. The molecule has 0 amide bonds. The van der Waals surface area contributed by atoms with Crippen LogP contribution in [0.25, 0.3) is 0 Å². The Morgan fingerprint density at radius 1 is 1.14 bits per heavy atom. The monoisotopic (exact) mass is 304 g/mol. The highest BCUT2D eigenvalue weighted by Crippen LogP contribution is 2.34. The molecule has 1 N–H and O–H groups in total. The Bertz CT molecular complexity index is 457. The summed E-state index contributed by atoms with van der Waals surface area (Å²) >= 11 is 1.83. The molecule has 1 atom stereocenters. The third kappa shape index (κ3) is 4.48. The lowest BCUT2D eigenvalue weighted by molar-refractivity contribution is 0.0319. The fourth-order valence-electron chi connectivity index (χ4n) is 2.93. The van der Waals surface area contributed by atoms with Crippen LogP contribution in [0.3, 0.4) is 0 Å². The number of nitrogens with one attached hydrogen (secondary N) is 1. The maximum absolute atomic E-state index is 5.93. The van der Waals surface area contributed by atoms with Crippen LogP contribution in [0.4, 0.5) is 0 Å². The number of thioether (sulfide) groups is 1. The van der Waals surface area contributed by atoms with Gasteiger partial charge in [0.05, 0.1) is 24.5 Å². The minimum Gasteiger partial charge on any atom is -0.376 e. The molecule has 2 aliphatic rings. The summed E-state index contributed by atoms with van der Waals surface area (Å²) in [7, 11) is 0. The summed E-state index contributed by atoms with van der Waals surface area (Å²) in [5, 5.41) is 4.94. The molecule has 0 spiro atoms. The molecule has 1 fully saturated rings. The average Bonchev–Trinajstić information content (AvgIpc) is 3.02. The molecule has 3 nitrogen and oxygen atoms in total. The van der Waals surface area contributed by atoms with Crippen LogP contribution in [0.1, 0.15) is 42.9 Å². The van der Waals surface area contributed by atoms with Crippen LogP contribution in [0.15, 0.2) is 35.3 Å². The lowest BCUT2D eigenvalue weighted by Crippen LogP contribution is -2.27. The number of benzene rings is 1. The first kappa shape index (κ1) is 14.9. The molecule has 1 aromatic carbocycles. The van der Waals surface area contributed by atoms with Crippen molar-refractivity contribution in [3.8, 4) is 0 Å². The van der Waals surface area contributed by atoms with Gasteiger partial charge in [-0.2, -0.15) is 0 Å². The summed E-state index contributed by atoms with van der Waals surface area (Å²) in [6.45, 7) is 2.53. The second kappa shape index (κ2) is 7.85. The molecule has 3 rings (SSSR count). The largest absolute Gasteiger partial charge is 0.376 e. The van der Waals surface area contributed by atoms with Crippen molar-refractivity contribution in [2.45, 2.75) is 43.5 Å². The Labute approximate surface area is 131 Å². The fourth-order valence-corrected chi connectivity index (χ4v) is 3.98. The molecular weight excluding hydrogens is 280 g/mol. The van der Waals surface area contributed by atoms with E-state index in [0.717, 1.165) is 24.9 Å². The maximum atomic E-state index is 5.93. The van der Waals surface area contributed by atoms with Gasteiger partial charge in [0.15, 0.2) is 5.17 Å². The number of hydrogen-bond acceptors (Lipinski definition) is 4. The van der Waals surface area contributed by atoms with E-state index in [9.17, 15) is 0 Å². The van der Waals surface area contributed by atoms with Crippen molar-refractivity contribution in [2.24, 2.45) is 4.99 Å². The Hall–Kier alpha value is -1.00. The lowest BCUT2D eigenvalue weighted by Gasteiger charge is -2.22. The van der Waals surface area contributed by atoms with Gasteiger partial charge >= 0.3 is 0 Å². The van der Waals surface area contributed by atoms with E-state index in [1.807, 2.05) is 11.8 Å². The van der Waals surface area contributed by atoms with Crippen LogP contribution in [-0.4, -0.2) is 31.0 Å². The summed E-state index contributed by atoms with van der Waals surface area (Å²) in [5.41, 5.74) is 1.36. The molecule has 114 valence electrons. The van der Waals surface area contributed by atoms with E-state index < -0.39 is 0 Å². The van der Waals surface area contributed by atoms with Crippen LogP contribution in [-0.2, 0) is 4.74 Å². The summed E-state index contributed by atoms with van der Waals surface area (Å²) in [4.78, 5) is 4.59. The summed E-state index contributed by atoms with van der Waals surface area (Å²) < 4.78 is 5.93. The molecule has 0 aromatic heterocycles. The smallest absolute Gasteiger partial charge is 0.157 e. The molecule has 0 saturated heterocycles. The molecule has 21 heavy (non-hydrogen) atoms. The molecule has 1 heterocycles. The molecule has 0 bridgehead atoms. The molecule has 1 saturated carbocycles. The standard InChI is InChI=1S/C17H24N2OS/c1-3-7-14(8-4-1)16-13-19-17(21-16)18-11-12-20-15-9-5-2-6-10-15/h1,3-4,7-8,15-16H,2,5-6,9-13H2,(H,18,19). The van der Waals surface area contributed by atoms with Crippen LogP contribution in [0.2, 0.25) is 0 Å². The Balaban J connectivity index is 1.33. The van der Waals surface area contributed by atoms with Gasteiger partial charge in [0.2, 0.25) is 0 Å². The van der Waals surface area contributed by atoms with Crippen molar-refractivity contribution in [2.75, 3.05) is 19.7 Å². The molecule has 1 aromatic rings. The first-order valence-electron chi connectivity index (χ1n) is 8.03. The zero-order chi connectivity index (χ0) is 14.3. The van der Waals surface area contributed by atoms with Gasteiger partial charge in [0, 0.05) is 6.54 Å². The second-order valence-corrected chi connectivity index (χ2v) is 6.91. The number of nitrogens with zero attached hydrogens (tertiary/aromatic N) is 1. The highest BCUT2D eigenvalue weighted by Gasteiger charge is 2.20. The van der Waals surface area contributed by atoms with Crippen LogP contribution in [0.5, 0.6) is 0 Å². The fraction of sp³-hybridized carbons (Fsp3) is 0.588. The predicted octanol–water partition coefficient (Wildman–Crippen LogP) is 3.77. The zero-order valence-electron chi connectivity index (χ0n) is 12.5. The van der Waals surface area contributed by atoms with E-state index >= 15 is 0 Å². The third-order valence-corrected chi connectivity index (χ3v) is 5.31. The van der Waals surface area contributed by atoms with Gasteiger partial charge in [-0.3, -0.25) is 4.99 Å². The van der Waals surface area contributed by atoms with Crippen molar-refractivity contribution in [1.82, 2.24) is 5.32 Å².